The maximum absolute atomic E-state index is 12.5. The van der Waals surface area contributed by atoms with E-state index < -0.39 is 17.7 Å². The Labute approximate surface area is 232 Å². The maximum atomic E-state index is 12.5. The number of anilines is 1. The van der Waals surface area contributed by atoms with Gasteiger partial charge in [0.05, 0.1) is 18.5 Å². The Morgan fingerprint density at radius 1 is 1.08 bits per heavy atom. The molecule has 0 bridgehead atoms. The molecule has 0 heterocycles. The molecule has 38 heavy (non-hydrogen) atoms. The number of aryl methyl sites for hydroxylation is 1. The zero-order valence-electron chi connectivity index (χ0n) is 21.8. The second-order valence-corrected chi connectivity index (χ2v) is 9.49. The maximum Gasteiger partial charge on any atom is 0.252 e. The number of carbonyl (C=O) groups is 2. The van der Waals surface area contributed by atoms with Gasteiger partial charge in [-0.2, -0.15) is 5.10 Å². The Bertz CT molecular complexity index is 1310. The fourth-order valence-corrected chi connectivity index (χ4v) is 3.91. The second kappa shape index (κ2) is 14.1. The molecular formula is C30H32BrN3O4. The van der Waals surface area contributed by atoms with E-state index in [2.05, 4.69) is 38.4 Å². The summed E-state index contributed by atoms with van der Waals surface area (Å²) in [6, 6.07) is 19.1. The van der Waals surface area contributed by atoms with E-state index in [9.17, 15) is 9.59 Å². The number of halogens is 1. The predicted molar refractivity (Wildman–Crippen MR) is 155 cm³/mol. The van der Waals surface area contributed by atoms with E-state index in [0.29, 0.717) is 42.4 Å². The third-order valence-electron chi connectivity index (χ3n) is 5.63. The van der Waals surface area contributed by atoms with Crippen LogP contribution >= 0.6 is 15.9 Å². The number of ether oxygens (including phenoxy) is 2. The van der Waals surface area contributed by atoms with Crippen LogP contribution in [0.5, 0.6) is 11.5 Å². The Hall–Kier alpha value is -3.91. The van der Waals surface area contributed by atoms with Gasteiger partial charge in [0.1, 0.15) is 12.5 Å². The number of nitrogens with one attached hydrogen (secondary N) is 2. The molecule has 0 saturated heterocycles. The van der Waals surface area contributed by atoms with Crippen molar-refractivity contribution in [1.82, 2.24) is 5.43 Å². The van der Waals surface area contributed by atoms with Gasteiger partial charge in [-0.05, 0) is 78.5 Å². The van der Waals surface area contributed by atoms with Crippen molar-refractivity contribution in [2.75, 3.05) is 11.9 Å². The topological polar surface area (TPSA) is 89.0 Å². The lowest BCUT2D eigenvalue weighted by Gasteiger charge is -2.17. The smallest absolute Gasteiger partial charge is 0.252 e. The number of rotatable bonds is 12. The van der Waals surface area contributed by atoms with Gasteiger partial charge in [-0.15, -0.1) is 6.58 Å². The highest BCUT2D eigenvalue weighted by atomic mass is 79.9. The van der Waals surface area contributed by atoms with Crippen LogP contribution in [-0.2, 0) is 22.6 Å². The van der Waals surface area contributed by atoms with Crippen LogP contribution in [0.4, 0.5) is 5.69 Å². The summed E-state index contributed by atoms with van der Waals surface area (Å²) in [5.74, 6) is -0.697. The van der Waals surface area contributed by atoms with Crippen LogP contribution in [0.3, 0.4) is 0 Å². The number of para-hydroxylation sites is 1. The summed E-state index contributed by atoms with van der Waals surface area (Å²) in [7, 11) is 0. The highest BCUT2D eigenvalue weighted by Crippen LogP contribution is 2.34. The minimum atomic E-state index is -0.952. The quantitative estimate of drug-likeness (QED) is 0.116. The molecule has 0 radical (unpaired) electrons. The largest absolute Gasteiger partial charge is 0.490 e. The summed E-state index contributed by atoms with van der Waals surface area (Å²) >= 11 is 3.38. The normalized spacial score (nSPS) is 11.6. The van der Waals surface area contributed by atoms with Gasteiger partial charge in [-0.1, -0.05) is 48.0 Å². The molecule has 1 unspecified atom stereocenters. The predicted octanol–water partition coefficient (Wildman–Crippen LogP) is 6.19. The number of hydrogen-bond acceptors (Lipinski definition) is 5. The molecule has 3 rings (SSSR count). The molecule has 198 valence electrons. The van der Waals surface area contributed by atoms with Crippen molar-refractivity contribution in [2.45, 2.75) is 33.8 Å². The van der Waals surface area contributed by atoms with E-state index in [1.807, 2.05) is 50.2 Å². The lowest BCUT2D eigenvalue weighted by atomic mass is 10.1. The van der Waals surface area contributed by atoms with Crippen LogP contribution in [0.15, 0.2) is 82.9 Å². The molecule has 0 aliphatic rings. The molecule has 7 nitrogen and oxygen atoms in total. The molecule has 2 N–H and O–H groups in total. The second-order valence-electron chi connectivity index (χ2n) is 8.63. The van der Waals surface area contributed by atoms with Gasteiger partial charge in [-0.25, -0.2) is 5.43 Å². The first-order valence-corrected chi connectivity index (χ1v) is 13.1. The summed E-state index contributed by atoms with van der Waals surface area (Å²) < 4.78 is 12.8. The Balaban J connectivity index is 1.71. The Morgan fingerprint density at radius 2 is 1.82 bits per heavy atom. The average Bonchev–Trinajstić information content (AvgIpc) is 2.90. The van der Waals surface area contributed by atoms with Crippen molar-refractivity contribution in [2.24, 2.45) is 11.0 Å². The lowest BCUT2D eigenvalue weighted by molar-refractivity contribution is -0.131. The van der Waals surface area contributed by atoms with Gasteiger partial charge in [0.15, 0.2) is 11.5 Å². The zero-order valence-corrected chi connectivity index (χ0v) is 23.4. The number of hydrogen-bond donors (Lipinski definition) is 2. The van der Waals surface area contributed by atoms with E-state index >= 15 is 0 Å². The highest BCUT2D eigenvalue weighted by molar-refractivity contribution is 9.10. The third-order valence-corrected chi connectivity index (χ3v) is 6.32. The van der Waals surface area contributed by atoms with Gasteiger partial charge in [0, 0.05) is 10.0 Å². The summed E-state index contributed by atoms with van der Waals surface area (Å²) in [6.07, 6.45) is 3.86. The summed E-state index contributed by atoms with van der Waals surface area (Å²) in [6.45, 7) is 10.2. The first-order chi connectivity index (χ1) is 18.3. The first kappa shape index (κ1) is 28.7. The standard InChI is InChI=1S/C30H32BrN3O4/c1-5-9-24-16-23(17-27(37-6-2)28(24)38-19-22-14-12-20(3)13-15-22)18-32-34-30(36)21(4)29(35)33-26-11-8-7-10-25(26)31/h5,7-8,10-18,21H,1,6,9,19H2,2-4H3,(H,33,35)(H,34,36). The van der Waals surface area contributed by atoms with E-state index in [4.69, 9.17) is 9.47 Å². The Kier molecular flexibility index (Phi) is 10.7. The molecule has 0 aliphatic heterocycles. The average molecular weight is 579 g/mol. The minimum Gasteiger partial charge on any atom is -0.490 e. The number of amides is 2. The number of carbonyl (C=O) groups excluding carboxylic acids is 2. The van der Waals surface area contributed by atoms with Crippen LogP contribution in [-0.4, -0.2) is 24.6 Å². The molecule has 0 saturated carbocycles. The van der Waals surface area contributed by atoms with Gasteiger partial charge in [0.25, 0.3) is 5.91 Å². The number of nitrogens with zero attached hydrogens (tertiary/aromatic N) is 1. The molecule has 1 atom stereocenters. The third kappa shape index (κ3) is 8.05. The molecule has 3 aromatic rings. The molecular weight excluding hydrogens is 546 g/mol. The fourth-order valence-electron chi connectivity index (χ4n) is 3.52. The SMILES string of the molecule is C=CCc1cc(C=NNC(=O)C(C)C(=O)Nc2ccccc2Br)cc(OCC)c1OCc1ccc(C)cc1. The van der Waals surface area contributed by atoms with E-state index in [1.54, 1.807) is 30.3 Å². The Morgan fingerprint density at radius 3 is 2.50 bits per heavy atom. The lowest BCUT2D eigenvalue weighted by Crippen LogP contribution is -2.34. The van der Waals surface area contributed by atoms with E-state index in [-0.39, 0.29) is 0 Å². The first-order valence-electron chi connectivity index (χ1n) is 12.3. The summed E-state index contributed by atoms with van der Waals surface area (Å²) in [4.78, 5) is 25.0. The zero-order chi connectivity index (χ0) is 27.5. The fraction of sp³-hybridized carbons (Fsp3) is 0.233. The molecule has 0 aromatic heterocycles. The molecule has 8 heteroatoms. The van der Waals surface area contributed by atoms with Crippen LogP contribution in [0, 0.1) is 12.8 Å². The minimum absolute atomic E-state index is 0.396. The number of hydrazone groups is 1. The van der Waals surface area contributed by atoms with Crippen molar-refractivity contribution in [3.05, 3.63) is 100 Å². The van der Waals surface area contributed by atoms with E-state index in [0.717, 1.165) is 15.6 Å². The van der Waals surface area contributed by atoms with Crippen molar-refractivity contribution in [3.8, 4) is 11.5 Å². The molecule has 0 spiro atoms. The van der Waals surface area contributed by atoms with Crippen molar-refractivity contribution < 1.29 is 19.1 Å². The van der Waals surface area contributed by atoms with Crippen LogP contribution in [0.2, 0.25) is 0 Å². The molecule has 2 amide bonds. The monoisotopic (exact) mass is 577 g/mol. The van der Waals surface area contributed by atoms with Gasteiger partial charge in [0.2, 0.25) is 5.91 Å². The van der Waals surface area contributed by atoms with Gasteiger partial charge in [-0.3, -0.25) is 9.59 Å². The van der Waals surface area contributed by atoms with Crippen LogP contribution in [0.1, 0.15) is 36.1 Å². The van der Waals surface area contributed by atoms with E-state index in [1.165, 1.54) is 18.7 Å². The molecule has 0 fully saturated rings. The van der Waals surface area contributed by atoms with Crippen LogP contribution < -0.4 is 20.2 Å². The van der Waals surface area contributed by atoms with Gasteiger partial charge < -0.3 is 14.8 Å². The number of allylic oxidation sites excluding steroid dienone is 1. The van der Waals surface area contributed by atoms with Crippen molar-refractivity contribution in [3.63, 3.8) is 0 Å². The number of benzene rings is 3. The van der Waals surface area contributed by atoms with Crippen molar-refractivity contribution in [1.29, 1.82) is 0 Å². The van der Waals surface area contributed by atoms with Crippen molar-refractivity contribution >= 4 is 39.6 Å². The summed E-state index contributed by atoms with van der Waals surface area (Å²) in [5, 5.41) is 6.80. The van der Waals surface area contributed by atoms with Crippen LogP contribution in [0.25, 0.3) is 0 Å². The highest BCUT2D eigenvalue weighted by Gasteiger charge is 2.22. The molecule has 3 aromatic carbocycles. The summed E-state index contributed by atoms with van der Waals surface area (Å²) in [5.41, 5.74) is 6.86. The molecule has 0 aliphatic carbocycles. The van der Waals surface area contributed by atoms with Gasteiger partial charge >= 0.3 is 0 Å².